The fourth-order valence-electron chi connectivity index (χ4n) is 4.52. The van der Waals surface area contributed by atoms with Crippen molar-refractivity contribution in [1.82, 2.24) is 14.9 Å². The zero-order valence-corrected chi connectivity index (χ0v) is 19.4. The topological polar surface area (TPSA) is 114 Å². The Hall–Kier alpha value is -3.91. The van der Waals surface area contributed by atoms with Crippen LogP contribution in [0.3, 0.4) is 0 Å². The van der Waals surface area contributed by atoms with Gasteiger partial charge in [-0.3, -0.25) is 23.9 Å². The van der Waals surface area contributed by atoms with Crippen LogP contribution >= 0.6 is 0 Å². The van der Waals surface area contributed by atoms with Gasteiger partial charge >= 0.3 is 6.18 Å². The number of benzene rings is 1. The Balaban J connectivity index is 1.69. The normalized spacial score (nSPS) is 21.9. The number of carbonyl (C=O) groups excluding carboxylic acids is 2. The van der Waals surface area contributed by atoms with Gasteiger partial charge in [0.15, 0.2) is 11.2 Å². The van der Waals surface area contributed by atoms with E-state index < -0.39 is 65.3 Å². The van der Waals surface area contributed by atoms with Crippen LogP contribution in [0.25, 0.3) is 16.7 Å². The predicted octanol–water partition coefficient (Wildman–Crippen LogP) is 2.21. The number of alkyl halides is 3. The van der Waals surface area contributed by atoms with E-state index >= 15 is 0 Å². The molecule has 2 saturated heterocycles. The molecule has 14 heteroatoms. The lowest BCUT2D eigenvalue weighted by molar-refractivity contribution is -0.192. The lowest BCUT2D eigenvalue weighted by Crippen LogP contribution is -2.59. The quantitative estimate of drug-likeness (QED) is 0.493. The second-order valence-electron chi connectivity index (χ2n) is 9.08. The number of ether oxygens (including phenoxy) is 1. The number of β-amino-alcohol motifs (C(OH)–C–C–N with tert-alkyl or cyclic N) is 1. The zero-order chi connectivity index (χ0) is 27.4. The minimum Gasteiger partial charge on any atom is -0.391 e. The van der Waals surface area contributed by atoms with Crippen LogP contribution in [0.1, 0.15) is 23.2 Å². The van der Waals surface area contributed by atoms with E-state index in [1.165, 1.54) is 12.1 Å². The molecule has 3 aromatic rings. The third kappa shape index (κ3) is 4.28. The molecule has 2 atom stereocenters. The molecule has 2 N–H and O–H groups in total. The number of aromatic nitrogens is 2. The summed E-state index contributed by atoms with van der Waals surface area (Å²) in [7, 11) is 0. The first-order chi connectivity index (χ1) is 17.9. The van der Waals surface area contributed by atoms with Gasteiger partial charge in [0.1, 0.15) is 23.0 Å². The van der Waals surface area contributed by atoms with Gasteiger partial charge in [0.2, 0.25) is 11.3 Å². The molecule has 0 aliphatic carbocycles. The van der Waals surface area contributed by atoms with E-state index in [9.17, 15) is 41.4 Å². The van der Waals surface area contributed by atoms with Gasteiger partial charge < -0.3 is 15.2 Å². The van der Waals surface area contributed by atoms with Gasteiger partial charge in [-0.05, 0) is 24.3 Å². The molecule has 2 fully saturated rings. The molecule has 2 aromatic heterocycles. The SMILES string of the molecule is O=C(NC1(C(F)(F)F)CCOC1)c1cn(-c2ccc(F)cc2F)c2nc(N3CC(O)CC3=O)ccc2c1=O. The van der Waals surface area contributed by atoms with Crippen molar-refractivity contribution in [3.8, 4) is 5.69 Å². The number of carbonyl (C=O) groups is 2. The first-order valence-electron chi connectivity index (χ1n) is 11.4. The summed E-state index contributed by atoms with van der Waals surface area (Å²) in [5, 5.41) is 11.4. The molecule has 5 rings (SSSR count). The highest BCUT2D eigenvalue weighted by Gasteiger charge is 2.58. The van der Waals surface area contributed by atoms with Crippen molar-refractivity contribution >= 4 is 28.7 Å². The number of anilines is 1. The van der Waals surface area contributed by atoms with Gasteiger partial charge in [-0.1, -0.05) is 0 Å². The standard InChI is InChI=1S/C24H19F5N4O5/c25-12-1-3-17(16(26)7-12)32-10-15(22(37)31-23(24(27,28)29)5-6-38-11-23)20(36)14-2-4-18(30-21(14)32)33-9-13(34)8-19(33)35/h1-4,7,10,13,34H,5-6,8-9,11H2,(H,31,37). The highest BCUT2D eigenvalue weighted by molar-refractivity contribution is 5.99. The second-order valence-corrected chi connectivity index (χ2v) is 9.08. The van der Waals surface area contributed by atoms with Crippen molar-refractivity contribution in [3.63, 3.8) is 0 Å². The molecule has 2 amide bonds. The van der Waals surface area contributed by atoms with Gasteiger partial charge in [0.05, 0.1) is 36.8 Å². The number of fused-ring (bicyclic) bond motifs is 1. The molecule has 38 heavy (non-hydrogen) atoms. The maximum atomic E-state index is 14.8. The fourth-order valence-corrected chi connectivity index (χ4v) is 4.52. The van der Waals surface area contributed by atoms with E-state index in [-0.39, 0.29) is 42.1 Å². The van der Waals surface area contributed by atoms with Crippen molar-refractivity contribution in [3.05, 3.63) is 63.9 Å². The molecule has 2 aliphatic rings. The Labute approximate surface area is 210 Å². The summed E-state index contributed by atoms with van der Waals surface area (Å²) in [6, 6.07) is 4.88. The lowest BCUT2D eigenvalue weighted by Gasteiger charge is -2.31. The first-order valence-corrected chi connectivity index (χ1v) is 11.4. The number of aliphatic hydroxyl groups excluding tert-OH is 1. The van der Waals surface area contributed by atoms with Gasteiger partial charge in [-0.2, -0.15) is 13.2 Å². The Kier molecular flexibility index (Phi) is 6.18. The third-order valence-electron chi connectivity index (χ3n) is 6.55. The largest absolute Gasteiger partial charge is 0.413 e. The summed E-state index contributed by atoms with van der Waals surface area (Å²) in [5.41, 5.74) is -5.09. The minimum absolute atomic E-state index is 0.00560. The molecule has 2 unspecified atom stereocenters. The molecule has 2 aliphatic heterocycles. The number of rotatable bonds is 4. The highest BCUT2D eigenvalue weighted by atomic mass is 19.4. The van der Waals surface area contributed by atoms with Crippen LogP contribution in [0.2, 0.25) is 0 Å². The van der Waals surface area contributed by atoms with Crippen LogP contribution in [-0.4, -0.2) is 64.0 Å². The summed E-state index contributed by atoms with van der Waals surface area (Å²) < 4.78 is 75.6. The van der Waals surface area contributed by atoms with E-state index in [0.717, 1.165) is 27.8 Å². The summed E-state index contributed by atoms with van der Waals surface area (Å²) >= 11 is 0. The Morgan fingerprint density at radius 2 is 1.95 bits per heavy atom. The molecular formula is C24H19F5N4O5. The maximum absolute atomic E-state index is 14.8. The minimum atomic E-state index is -4.89. The molecule has 0 spiro atoms. The summed E-state index contributed by atoms with van der Waals surface area (Å²) in [6.45, 7) is -1.20. The van der Waals surface area contributed by atoms with Crippen molar-refractivity contribution < 1.29 is 41.4 Å². The van der Waals surface area contributed by atoms with Crippen LogP contribution in [0.5, 0.6) is 0 Å². The number of aliphatic hydroxyl groups is 1. The molecule has 0 bridgehead atoms. The highest BCUT2D eigenvalue weighted by Crippen LogP contribution is 2.37. The van der Waals surface area contributed by atoms with E-state index in [1.807, 2.05) is 5.32 Å². The number of hydrogen-bond acceptors (Lipinski definition) is 6. The number of amides is 2. The first kappa shape index (κ1) is 25.7. The smallest absolute Gasteiger partial charge is 0.391 e. The lowest BCUT2D eigenvalue weighted by atomic mass is 9.97. The van der Waals surface area contributed by atoms with Crippen LogP contribution in [0.15, 0.2) is 41.3 Å². The second kappa shape index (κ2) is 9.13. The Morgan fingerprint density at radius 1 is 1.18 bits per heavy atom. The fraction of sp³-hybridized carbons (Fsp3) is 0.333. The number of pyridine rings is 2. The van der Waals surface area contributed by atoms with E-state index in [1.54, 1.807) is 0 Å². The van der Waals surface area contributed by atoms with Crippen molar-refractivity contribution in [2.24, 2.45) is 0 Å². The Morgan fingerprint density at radius 3 is 2.55 bits per heavy atom. The van der Waals surface area contributed by atoms with Gasteiger partial charge in [-0.15, -0.1) is 0 Å². The van der Waals surface area contributed by atoms with E-state index in [4.69, 9.17) is 4.74 Å². The summed E-state index contributed by atoms with van der Waals surface area (Å²) in [4.78, 5) is 44.0. The van der Waals surface area contributed by atoms with E-state index in [2.05, 4.69) is 4.98 Å². The van der Waals surface area contributed by atoms with Crippen molar-refractivity contribution in [2.45, 2.75) is 30.7 Å². The number of hydrogen-bond donors (Lipinski definition) is 2. The third-order valence-corrected chi connectivity index (χ3v) is 6.55. The van der Waals surface area contributed by atoms with Gasteiger partial charge in [0, 0.05) is 25.3 Å². The van der Waals surface area contributed by atoms with Gasteiger partial charge in [0.25, 0.3) is 5.91 Å². The van der Waals surface area contributed by atoms with E-state index in [0.29, 0.717) is 6.07 Å². The predicted molar refractivity (Wildman–Crippen MR) is 122 cm³/mol. The molecule has 9 nitrogen and oxygen atoms in total. The average Bonchev–Trinajstić information content (AvgIpc) is 3.46. The monoisotopic (exact) mass is 538 g/mol. The molecule has 0 saturated carbocycles. The molecular weight excluding hydrogens is 519 g/mol. The number of nitrogens with zero attached hydrogens (tertiary/aromatic N) is 3. The molecule has 200 valence electrons. The number of halogens is 5. The van der Waals surface area contributed by atoms with Crippen LogP contribution < -0.4 is 15.6 Å². The maximum Gasteiger partial charge on any atom is 0.413 e. The number of nitrogens with one attached hydrogen (secondary N) is 1. The molecule has 1 aromatic carbocycles. The van der Waals surface area contributed by atoms with Crippen LogP contribution in [0, 0.1) is 11.6 Å². The molecule has 4 heterocycles. The zero-order valence-electron chi connectivity index (χ0n) is 19.4. The van der Waals surface area contributed by atoms with Gasteiger partial charge in [-0.25, -0.2) is 13.8 Å². The molecule has 0 radical (unpaired) electrons. The summed E-state index contributed by atoms with van der Waals surface area (Å²) in [5.74, 6) is -3.87. The van der Waals surface area contributed by atoms with Crippen LogP contribution in [-0.2, 0) is 9.53 Å². The van der Waals surface area contributed by atoms with Crippen LogP contribution in [0.4, 0.5) is 27.8 Å². The summed E-state index contributed by atoms with van der Waals surface area (Å²) in [6.07, 6.45) is -5.77. The Bertz CT molecular complexity index is 1520. The van der Waals surface area contributed by atoms with Crippen molar-refractivity contribution in [2.75, 3.05) is 24.7 Å². The average molecular weight is 538 g/mol. The van der Waals surface area contributed by atoms with Crippen molar-refractivity contribution in [1.29, 1.82) is 0 Å².